The zero-order valence-corrected chi connectivity index (χ0v) is 9.04. The zero-order valence-electron chi connectivity index (χ0n) is 8.29. The molecule has 0 spiro atoms. The predicted molar refractivity (Wildman–Crippen MR) is 57.5 cm³/mol. The Morgan fingerprint density at radius 2 is 2.20 bits per heavy atom. The number of likely N-dealkylation sites (N-methyl/N-ethyl adjacent to an activating group) is 1. The van der Waals surface area contributed by atoms with Crippen LogP contribution in [0.2, 0.25) is 5.02 Å². The Kier molecular flexibility index (Phi) is 2.49. The van der Waals surface area contributed by atoms with Gasteiger partial charge >= 0.3 is 0 Å². The summed E-state index contributed by atoms with van der Waals surface area (Å²) in [5, 5.41) is 0.508. The van der Waals surface area contributed by atoms with E-state index in [-0.39, 0.29) is 5.91 Å². The van der Waals surface area contributed by atoms with Gasteiger partial charge in [0.1, 0.15) is 0 Å². The SMILES string of the molecule is CN1CCc2cc(Cl)cc(C=O)c2C1=O. The third-order valence-electron chi connectivity index (χ3n) is 2.62. The average Bonchev–Trinajstić information content (AvgIpc) is 2.22. The summed E-state index contributed by atoms with van der Waals surface area (Å²) in [6.45, 7) is 0.671. The lowest BCUT2D eigenvalue weighted by Gasteiger charge is -2.25. The number of aldehydes is 1. The minimum absolute atomic E-state index is 0.102. The fourth-order valence-corrected chi connectivity index (χ4v) is 2.07. The molecule has 0 atom stereocenters. The summed E-state index contributed by atoms with van der Waals surface area (Å²) in [6, 6.07) is 3.29. The molecule has 1 aromatic carbocycles. The third-order valence-corrected chi connectivity index (χ3v) is 2.84. The number of amides is 1. The van der Waals surface area contributed by atoms with E-state index in [2.05, 4.69) is 0 Å². The van der Waals surface area contributed by atoms with Crippen LogP contribution in [0.4, 0.5) is 0 Å². The van der Waals surface area contributed by atoms with E-state index in [1.54, 1.807) is 18.0 Å². The second kappa shape index (κ2) is 3.66. The second-order valence-electron chi connectivity index (χ2n) is 3.62. The van der Waals surface area contributed by atoms with Gasteiger partial charge in [-0.05, 0) is 24.1 Å². The molecule has 0 unspecified atom stereocenters. The monoisotopic (exact) mass is 223 g/mol. The van der Waals surface area contributed by atoms with Crippen molar-refractivity contribution < 1.29 is 9.59 Å². The topological polar surface area (TPSA) is 37.4 Å². The Bertz CT molecular complexity index is 442. The number of carbonyl (C=O) groups is 2. The Morgan fingerprint density at radius 1 is 1.47 bits per heavy atom. The molecule has 3 nitrogen and oxygen atoms in total. The maximum Gasteiger partial charge on any atom is 0.254 e. The Morgan fingerprint density at radius 3 is 2.87 bits per heavy atom. The van der Waals surface area contributed by atoms with E-state index in [1.165, 1.54) is 6.07 Å². The van der Waals surface area contributed by atoms with E-state index in [0.717, 1.165) is 12.0 Å². The van der Waals surface area contributed by atoms with Crippen molar-refractivity contribution in [2.75, 3.05) is 13.6 Å². The molecule has 1 aliphatic rings. The van der Waals surface area contributed by atoms with Crippen LogP contribution >= 0.6 is 11.6 Å². The van der Waals surface area contributed by atoms with E-state index >= 15 is 0 Å². The number of rotatable bonds is 1. The smallest absolute Gasteiger partial charge is 0.254 e. The number of benzene rings is 1. The van der Waals surface area contributed by atoms with Gasteiger partial charge in [0.25, 0.3) is 5.91 Å². The van der Waals surface area contributed by atoms with E-state index < -0.39 is 0 Å². The molecule has 0 aliphatic carbocycles. The van der Waals surface area contributed by atoms with Gasteiger partial charge in [-0.2, -0.15) is 0 Å². The van der Waals surface area contributed by atoms with Crippen LogP contribution in [-0.4, -0.2) is 30.7 Å². The van der Waals surface area contributed by atoms with Crippen molar-refractivity contribution in [3.8, 4) is 0 Å². The fourth-order valence-electron chi connectivity index (χ4n) is 1.82. The van der Waals surface area contributed by atoms with Gasteiger partial charge in [0.2, 0.25) is 0 Å². The van der Waals surface area contributed by atoms with E-state index in [9.17, 15) is 9.59 Å². The van der Waals surface area contributed by atoms with Crippen LogP contribution in [0.25, 0.3) is 0 Å². The normalized spacial score (nSPS) is 15.1. The number of hydrogen-bond donors (Lipinski definition) is 0. The lowest BCUT2D eigenvalue weighted by atomic mass is 9.95. The first-order chi connectivity index (χ1) is 7.13. The summed E-state index contributed by atoms with van der Waals surface area (Å²) in [4.78, 5) is 24.3. The maximum absolute atomic E-state index is 11.8. The van der Waals surface area contributed by atoms with Gasteiger partial charge < -0.3 is 4.90 Å². The number of hydrogen-bond acceptors (Lipinski definition) is 2. The van der Waals surface area contributed by atoms with Crippen LogP contribution in [0.15, 0.2) is 12.1 Å². The van der Waals surface area contributed by atoms with Crippen LogP contribution < -0.4 is 0 Å². The Labute approximate surface area is 92.6 Å². The van der Waals surface area contributed by atoms with Gasteiger partial charge in [-0.15, -0.1) is 0 Å². The molecule has 1 amide bonds. The fraction of sp³-hybridized carbons (Fsp3) is 0.273. The first-order valence-electron chi connectivity index (χ1n) is 4.66. The largest absolute Gasteiger partial charge is 0.341 e. The molecule has 1 aliphatic heterocycles. The molecule has 0 aromatic heterocycles. The molecule has 78 valence electrons. The Hall–Kier alpha value is -1.35. The van der Waals surface area contributed by atoms with E-state index in [1.807, 2.05) is 0 Å². The van der Waals surface area contributed by atoms with Crippen LogP contribution in [0, 0.1) is 0 Å². The maximum atomic E-state index is 11.8. The molecule has 0 saturated carbocycles. The first-order valence-corrected chi connectivity index (χ1v) is 5.04. The van der Waals surface area contributed by atoms with Gasteiger partial charge in [-0.1, -0.05) is 11.6 Å². The van der Waals surface area contributed by atoms with Gasteiger partial charge in [0.15, 0.2) is 6.29 Å². The molecule has 0 N–H and O–H groups in total. The molecule has 15 heavy (non-hydrogen) atoms. The standard InChI is InChI=1S/C11H10ClNO2/c1-13-3-2-7-4-9(12)5-8(6-14)10(7)11(13)15/h4-6H,2-3H2,1H3. The summed E-state index contributed by atoms with van der Waals surface area (Å²) in [5.74, 6) is -0.102. The average molecular weight is 224 g/mol. The lowest BCUT2D eigenvalue weighted by Crippen LogP contribution is -2.35. The molecule has 4 heteroatoms. The van der Waals surface area contributed by atoms with E-state index in [0.29, 0.717) is 29.0 Å². The molecule has 1 aromatic rings. The molecular formula is C11H10ClNO2. The first kappa shape index (κ1) is 10.2. The molecule has 0 bridgehead atoms. The minimum Gasteiger partial charge on any atom is -0.341 e. The van der Waals surface area contributed by atoms with Gasteiger partial charge in [0.05, 0.1) is 5.56 Å². The van der Waals surface area contributed by atoms with Crippen molar-refractivity contribution >= 4 is 23.8 Å². The van der Waals surface area contributed by atoms with Gasteiger partial charge in [-0.25, -0.2) is 0 Å². The van der Waals surface area contributed by atoms with Crippen molar-refractivity contribution in [1.29, 1.82) is 0 Å². The zero-order chi connectivity index (χ0) is 11.0. The number of halogens is 1. The molecular weight excluding hydrogens is 214 g/mol. The molecule has 1 heterocycles. The number of fused-ring (bicyclic) bond motifs is 1. The lowest BCUT2D eigenvalue weighted by molar-refractivity contribution is 0.0777. The van der Waals surface area contributed by atoms with Crippen molar-refractivity contribution in [3.05, 3.63) is 33.8 Å². The second-order valence-corrected chi connectivity index (χ2v) is 4.06. The van der Waals surface area contributed by atoms with Crippen molar-refractivity contribution in [3.63, 3.8) is 0 Å². The van der Waals surface area contributed by atoms with Crippen molar-refractivity contribution in [2.45, 2.75) is 6.42 Å². The summed E-state index contributed by atoms with van der Waals surface area (Å²) in [7, 11) is 1.73. The number of carbonyl (C=O) groups excluding carboxylic acids is 2. The van der Waals surface area contributed by atoms with Crippen molar-refractivity contribution in [2.24, 2.45) is 0 Å². The summed E-state index contributed by atoms with van der Waals surface area (Å²) >= 11 is 5.86. The molecule has 2 rings (SSSR count). The van der Waals surface area contributed by atoms with E-state index in [4.69, 9.17) is 11.6 Å². The van der Waals surface area contributed by atoms with Crippen LogP contribution in [0.5, 0.6) is 0 Å². The molecule has 0 fully saturated rings. The summed E-state index contributed by atoms with van der Waals surface area (Å²) in [6.07, 6.45) is 1.43. The highest BCUT2D eigenvalue weighted by Gasteiger charge is 2.24. The molecule has 0 saturated heterocycles. The van der Waals surface area contributed by atoms with Crippen LogP contribution in [0.1, 0.15) is 26.3 Å². The highest BCUT2D eigenvalue weighted by Crippen LogP contribution is 2.25. The van der Waals surface area contributed by atoms with Gasteiger partial charge in [-0.3, -0.25) is 9.59 Å². The molecule has 0 radical (unpaired) electrons. The number of nitrogens with zero attached hydrogens (tertiary/aromatic N) is 1. The summed E-state index contributed by atoms with van der Waals surface area (Å²) < 4.78 is 0. The van der Waals surface area contributed by atoms with Gasteiger partial charge in [0, 0.05) is 24.2 Å². The van der Waals surface area contributed by atoms with Crippen molar-refractivity contribution in [1.82, 2.24) is 4.90 Å². The highest BCUT2D eigenvalue weighted by molar-refractivity contribution is 6.31. The summed E-state index contributed by atoms with van der Waals surface area (Å²) in [5.41, 5.74) is 1.75. The Balaban J connectivity index is 2.65. The van der Waals surface area contributed by atoms with Crippen LogP contribution in [0.3, 0.4) is 0 Å². The highest BCUT2D eigenvalue weighted by atomic mass is 35.5. The quantitative estimate of drug-likeness (QED) is 0.681. The third kappa shape index (κ3) is 1.63. The minimum atomic E-state index is -0.102. The van der Waals surface area contributed by atoms with Crippen LogP contribution in [-0.2, 0) is 6.42 Å². The predicted octanol–water partition coefficient (Wildman–Crippen LogP) is 1.78.